The van der Waals surface area contributed by atoms with Crippen LogP contribution in [0.3, 0.4) is 0 Å². The van der Waals surface area contributed by atoms with E-state index in [2.05, 4.69) is 4.98 Å². The Balaban J connectivity index is 1.88. The molecule has 0 bridgehead atoms. The first-order valence-electron chi connectivity index (χ1n) is 7.62. The van der Waals surface area contributed by atoms with Crippen molar-refractivity contribution in [2.75, 3.05) is 13.1 Å². The molecular formula is C14H24N4O2S. The number of nitrogens with zero attached hydrogens (tertiary/aromatic N) is 3. The Morgan fingerprint density at radius 3 is 2.76 bits per heavy atom. The van der Waals surface area contributed by atoms with Gasteiger partial charge in [-0.25, -0.2) is 13.4 Å². The summed E-state index contributed by atoms with van der Waals surface area (Å²) in [6.07, 6.45) is 5.44. The van der Waals surface area contributed by atoms with Crippen molar-refractivity contribution in [3.63, 3.8) is 0 Å². The molecule has 21 heavy (non-hydrogen) atoms. The SMILES string of the molecule is CC1(C)CN(S(=O)(=O)c2cn3c(n2)CCCC3)CCC1N. The third-order valence-corrected chi connectivity index (χ3v) is 6.48. The highest BCUT2D eigenvalue weighted by Gasteiger charge is 2.39. The maximum atomic E-state index is 12.8. The average Bonchev–Trinajstić information content (AvgIpc) is 2.86. The van der Waals surface area contributed by atoms with Crippen LogP contribution in [-0.4, -0.2) is 41.4 Å². The average molecular weight is 312 g/mol. The molecule has 1 atom stereocenters. The van der Waals surface area contributed by atoms with E-state index in [0.717, 1.165) is 31.6 Å². The van der Waals surface area contributed by atoms with E-state index in [9.17, 15) is 8.42 Å². The predicted molar refractivity (Wildman–Crippen MR) is 80.3 cm³/mol. The predicted octanol–water partition coefficient (Wildman–Crippen LogP) is 0.967. The summed E-state index contributed by atoms with van der Waals surface area (Å²) in [5.41, 5.74) is 5.89. The second-order valence-corrected chi connectivity index (χ2v) is 8.75. The summed E-state index contributed by atoms with van der Waals surface area (Å²) in [5.74, 6) is 0.896. The molecule has 3 heterocycles. The van der Waals surface area contributed by atoms with Gasteiger partial charge in [-0.3, -0.25) is 0 Å². The molecule has 1 fully saturated rings. The van der Waals surface area contributed by atoms with Crippen molar-refractivity contribution in [1.82, 2.24) is 13.9 Å². The van der Waals surface area contributed by atoms with E-state index in [1.54, 1.807) is 10.5 Å². The number of sulfonamides is 1. The Morgan fingerprint density at radius 2 is 2.10 bits per heavy atom. The fourth-order valence-electron chi connectivity index (χ4n) is 3.17. The quantitative estimate of drug-likeness (QED) is 0.882. The molecule has 1 unspecified atom stereocenters. The van der Waals surface area contributed by atoms with Crippen LogP contribution in [0.1, 0.15) is 38.9 Å². The minimum atomic E-state index is -3.50. The van der Waals surface area contributed by atoms with Crippen LogP contribution < -0.4 is 5.73 Å². The van der Waals surface area contributed by atoms with Gasteiger partial charge in [-0.1, -0.05) is 13.8 Å². The number of aryl methyl sites for hydroxylation is 2. The molecule has 0 aromatic carbocycles. The van der Waals surface area contributed by atoms with E-state index >= 15 is 0 Å². The van der Waals surface area contributed by atoms with Gasteiger partial charge in [-0.2, -0.15) is 4.31 Å². The van der Waals surface area contributed by atoms with Gasteiger partial charge in [0, 0.05) is 38.3 Å². The summed E-state index contributed by atoms with van der Waals surface area (Å²) in [6, 6.07) is 0.0409. The van der Waals surface area contributed by atoms with Crippen molar-refractivity contribution in [2.45, 2.75) is 57.1 Å². The van der Waals surface area contributed by atoms with Crippen molar-refractivity contribution >= 4 is 10.0 Å². The molecule has 6 nitrogen and oxygen atoms in total. The number of rotatable bonds is 2. The zero-order valence-electron chi connectivity index (χ0n) is 12.7. The largest absolute Gasteiger partial charge is 0.333 e. The maximum Gasteiger partial charge on any atom is 0.262 e. The molecule has 0 radical (unpaired) electrons. The van der Waals surface area contributed by atoms with E-state index in [4.69, 9.17) is 5.73 Å². The first-order valence-corrected chi connectivity index (χ1v) is 9.06. The molecule has 118 valence electrons. The number of piperidine rings is 1. The van der Waals surface area contributed by atoms with E-state index in [1.807, 2.05) is 18.4 Å². The second kappa shape index (κ2) is 5.07. The summed E-state index contributed by atoms with van der Waals surface area (Å²) < 4.78 is 29.1. The minimum Gasteiger partial charge on any atom is -0.333 e. The smallest absolute Gasteiger partial charge is 0.262 e. The van der Waals surface area contributed by atoms with Gasteiger partial charge >= 0.3 is 0 Å². The van der Waals surface area contributed by atoms with Crippen molar-refractivity contribution in [2.24, 2.45) is 11.1 Å². The van der Waals surface area contributed by atoms with E-state index < -0.39 is 10.0 Å². The molecule has 2 aliphatic rings. The van der Waals surface area contributed by atoms with E-state index in [1.165, 1.54) is 0 Å². The summed E-state index contributed by atoms with van der Waals surface area (Å²) in [4.78, 5) is 4.37. The molecular weight excluding hydrogens is 288 g/mol. The zero-order chi connectivity index (χ0) is 15.3. The van der Waals surface area contributed by atoms with Gasteiger partial charge in [0.05, 0.1) is 0 Å². The highest BCUT2D eigenvalue weighted by atomic mass is 32.2. The lowest BCUT2D eigenvalue weighted by atomic mass is 9.81. The minimum absolute atomic E-state index is 0.0409. The van der Waals surface area contributed by atoms with Gasteiger partial charge in [0.25, 0.3) is 10.0 Å². The van der Waals surface area contributed by atoms with Crippen molar-refractivity contribution in [1.29, 1.82) is 0 Å². The van der Waals surface area contributed by atoms with Gasteiger partial charge in [-0.05, 0) is 24.7 Å². The Hall–Kier alpha value is -0.920. The lowest BCUT2D eigenvalue weighted by Gasteiger charge is -2.41. The van der Waals surface area contributed by atoms with E-state index in [0.29, 0.717) is 19.5 Å². The Labute approximate surface area is 126 Å². The molecule has 0 aliphatic carbocycles. The monoisotopic (exact) mass is 312 g/mol. The molecule has 1 saturated heterocycles. The first-order chi connectivity index (χ1) is 9.80. The number of hydrogen-bond acceptors (Lipinski definition) is 4. The third kappa shape index (κ3) is 2.62. The van der Waals surface area contributed by atoms with Crippen LogP contribution in [0.4, 0.5) is 0 Å². The summed E-state index contributed by atoms with van der Waals surface area (Å²) >= 11 is 0. The lowest BCUT2D eigenvalue weighted by molar-refractivity contribution is 0.155. The Kier molecular flexibility index (Phi) is 3.62. The topological polar surface area (TPSA) is 81.2 Å². The van der Waals surface area contributed by atoms with Crippen molar-refractivity contribution in [3.8, 4) is 0 Å². The second-order valence-electron chi connectivity index (χ2n) is 6.87. The van der Waals surface area contributed by atoms with Gasteiger partial charge in [0.2, 0.25) is 0 Å². The molecule has 2 aliphatic heterocycles. The summed E-state index contributed by atoms with van der Waals surface area (Å²) in [5, 5.41) is 0.200. The van der Waals surface area contributed by atoms with Gasteiger partial charge in [0.15, 0.2) is 5.03 Å². The van der Waals surface area contributed by atoms with Crippen LogP contribution in [-0.2, 0) is 23.0 Å². The van der Waals surface area contributed by atoms with Crippen molar-refractivity contribution in [3.05, 3.63) is 12.0 Å². The zero-order valence-corrected chi connectivity index (χ0v) is 13.6. The number of imidazole rings is 1. The number of aromatic nitrogens is 2. The normalized spacial score (nSPS) is 26.5. The van der Waals surface area contributed by atoms with Crippen LogP contribution in [0.15, 0.2) is 11.2 Å². The molecule has 0 saturated carbocycles. The molecule has 7 heteroatoms. The first kappa shape index (κ1) is 15.0. The van der Waals surface area contributed by atoms with Crippen LogP contribution in [0, 0.1) is 5.41 Å². The molecule has 0 spiro atoms. The number of nitrogens with two attached hydrogens (primary N) is 1. The summed E-state index contributed by atoms with van der Waals surface area (Å²) in [6.45, 7) is 5.86. The lowest BCUT2D eigenvalue weighted by Crippen LogP contribution is -2.53. The standard InChI is InChI=1S/C14H24N4O2S/c1-14(2)10-18(8-6-11(14)15)21(19,20)13-9-17-7-4-3-5-12(17)16-13/h9,11H,3-8,10,15H2,1-2H3. The summed E-state index contributed by atoms with van der Waals surface area (Å²) in [7, 11) is -3.50. The van der Waals surface area contributed by atoms with Crippen molar-refractivity contribution < 1.29 is 8.42 Å². The third-order valence-electron chi connectivity index (χ3n) is 4.77. The maximum absolute atomic E-state index is 12.8. The highest BCUT2D eigenvalue weighted by Crippen LogP contribution is 2.31. The number of fused-ring (bicyclic) bond motifs is 1. The van der Waals surface area contributed by atoms with Crippen LogP contribution in [0.2, 0.25) is 0 Å². The fraction of sp³-hybridized carbons (Fsp3) is 0.786. The van der Waals surface area contributed by atoms with Gasteiger partial charge in [-0.15, -0.1) is 0 Å². The molecule has 2 N–H and O–H groups in total. The molecule has 0 amide bonds. The molecule has 1 aromatic rings. The number of hydrogen-bond donors (Lipinski definition) is 1. The fourth-order valence-corrected chi connectivity index (χ4v) is 4.77. The Bertz CT molecular complexity index is 612. The Morgan fingerprint density at radius 1 is 1.33 bits per heavy atom. The van der Waals surface area contributed by atoms with Gasteiger partial charge < -0.3 is 10.3 Å². The van der Waals surface area contributed by atoms with Crippen LogP contribution >= 0.6 is 0 Å². The molecule has 3 rings (SSSR count). The van der Waals surface area contributed by atoms with Gasteiger partial charge in [0.1, 0.15) is 5.82 Å². The van der Waals surface area contributed by atoms with Crippen LogP contribution in [0.25, 0.3) is 0 Å². The van der Waals surface area contributed by atoms with Crippen LogP contribution in [0.5, 0.6) is 0 Å². The highest BCUT2D eigenvalue weighted by molar-refractivity contribution is 7.89. The molecule has 1 aromatic heterocycles. The van der Waals surface area contributed by atoms with E-state index in [-0.39, 0.29) is 16.5 Å².